The Balaban J connectivity index is 2.12. The van der Waals surface area contributed by atoms with E-state index in [0.29, 0.717) is 12.0 Å². The number of rotatable bonds is 6. The smallest absolute Gasteiger partial charge is 0.150 e. The summed E-state index contributed by atoms with van der Waals surface area (Å²) in [4.78, 5) is 1.35. The van der Waals surface area contributed by atoms with E-state index >= 15 is 0 Å². The Bertz CT molecular complexity index is 496. The van der Waals surface area contributed by atoms with E-state index in [1.54, 1.807) is 11.3 Å². The van der Waals surface area contributed by atoms with Crippen molar-refractivity contribution in [3.63, 3.8) is 0 Å². The molecule has 5 heteroatoms. The Morgan fingerprint density at radius 1 is 1.45 bits per heavy atom. The first-order valence-electron chi connectivity index (χ1n) is 7.48. The lowest BCUT2D eigenvalue weighted by Crippen LogP contribution is -2.35. The van der Waals surface area contributed by atoms with E-state index in [4.69, 9.17) is 0 Å². The molecular formula is C15H25NO2S2. The van der Waals surface area contributed by atoms with Gasteiger partial charge in [0.15, 0.2) is 0 Å². The summed E-state index contributed by atoms with van der Waals surface area (Å²) in [6, 6.07) is 4.57. The lowest BCUT2D eigenvalue weighted by Gasteiger charge is -2.34. The fourth-order valence-electron chi connectivity index (χ4n) is 3.14. The highest BCUT2D eigenvalue weighted by Gasteiger charge is 2.33. The highest BCUT2D eigenvalue weighted by Crippen LogP contribution is 2.38. The number of hydrogen-bond acceptors (Lipinski definition) is 4. The van der Waals surface area contributed by atoms with E-state index < -0.39 is 9.84 Å². The van der Waals surface area contributed by atoms with Crippen molar-refractivity contribution in [1.29, 1.82) is 0 Å². The van der Waals surface area contributed by atoms with Gasteiger partial charge in [-0.25, -0.2) is 8.42 Å². The van der Waals surface area contributed by atoms with Crippen molar-refractivity contribution < 1.29 is 8.42 Å². The number of nitrogens with one attached hydrogen (secondary N) is 1. The zero-order valence-electron chi connectivity index (χ0n) is 12.3. The van der Waals surface area contributed by atoms with Crippen LogP contribution in [0.15, 0.2) is 17.5 Å². The third-order valence-electron chi connectivity index (χ3n) is 4.21. The fraction of sp³-hybridized carbons (Fsp3) is 0.733. The molecule has 0 bridgehead atoms. The minimum Gasteiger partial charge on any atom is -0.309 e. The summed E-state index contributed by atoms with van der Waals surface area (Å²) in [6.07, 6.45) is 6.28. The highest BCUT2D eigenvalue weighted by atomic mass is 32.2. The van der Waals surface area contributed by atoms with Crippen LogP contribution in [0, 0.1) is 5.92 Å². The number of sulfone groups is 1. The van der Waals surface area contributed by atoms with Crippen LogP contribution < -0.4 is 5.32 Å². The average molecular weight is 316 g/mol. The van der Waals surface area contributed by atoms with Crippen molar-refractivity contribution in [2.45, 2.75) is 50.3 Å². The van der Waals surface area contributed by atoms with E-state index in [1.807, 2.05) is 0 Å². The third-order valence-corrected chi connectivity index (χ3v) is 6.80. The molecule has 20 heavy (non-hydrogen) atoms. The first-order chi connectivity index (χ1) is 9.52. The minimum absolute atomic E-state index is 0.146. The van der Waals surface area contributed by atoms with E-state index in [-0.39, 0.29) is 5.25 Å². The summed E-state index contributed by atoms with van der Waals surface area (Å²) >= 11 is 1.77. The van der Waals surface area contributed by atoms with Crippen LogP contribution >= 0.6 is 11.3 Å². The van der Waals surface area contributed by atoms with E-state index in [0.717, 1.165) is 38.6 Å². The Morgan fingerprint density at radius 3 is 2.85 bits per heavy atom. The first kappa shape index (κ1) is 16.0. The molecule has 1 saturated carbocycles. The van der Waals surface area contributed by atoms with E-state index in [2.05, 4.69) is 29.8 Å². The molecule has 1 fully saturated rings. The van der Waals surface area contributed by atoms with Gasteiger partial charge in [0.1, 0.15) is 9.84 Å². The predicted molar refractivity (Wildman–Crippen MR) is 85.9 cm³/mol. The Kier molecular flexibility index (Phi) is 5.64. The molecule has 3 nitrogen and oxygen atoms in total. The Hall–Kier alpha value is -0.390. The van der Waals surface area contributed by atoms with Gasteiger partial charge in [0.05, 0.1) is 5.25 Å². The van der Waals surface area contributed by atoms with Crippen LogP contribution in [0.1, 0.15) is 49.9 Å². The van der Waals surface area contributed by atoms with Crippen LogP contribution in [-0.2, 0) is 9.84 Å². The largest absolute Gasteiger partial charge is 0.309 e. The van der Waals surface area contributed by atoms with Gasteiger partial charge < -0.3 is 5.32 Å². The van der Waals surface area contributed by atoms with Crippen molar-refractivity contribution in [2.24, 2.45) is 5.92 Å². The summed E-state index contributed by atoms with van der Waals surface area (Å²) in [5, 5.41) is 5.59. The van der Waals surface area contributed by atoms with Gasteiger partial charge in [0.25, 0.3) is 0 Å². The minimum atomic E-state index is -2.91. The van der Waals surface area contributed by atoms with Crippen LogP contribution in [0.2, 0.25) is 0 Å². The van der Waals surface area contributed by atoms with Crippen molar-refractivity contribution in [3.05, 3.63) is 22.4 Å². The molecule has 1 heterocycles. The van der Waals surface area contributed by atoms with E-state index in [9.17, 15) is 8.42 Å². The first-order valence-corrected chi connectivity index (χ1v) is 10.3. The molecule has 3 atom stereocenters. The van der Waals surface area contributed by atoms with Crippen molar-refractivity contribution in [3.8, 4) is 0 Å². The molecule has 1 aromatic heterocycles. The average Bonchev–Trinajstić information content (AvgIpc) is 2.92. The fourth-order valence-corrected chi connectivity index (χ4v) is 5.23. The highest BCUT2D eigenvalue weighted by molar-refractivity contribution is 7.91. The van der Waals surface area contributed by atoms with Gasteiger partial charge in [-0.05, 0) is 49.6 Å². The molecular weight excluding hydrogens is 290 g/mol. The molecule has 3 unspecified atom stereocenters. The van der Waals surface area contributed by atoms with Gasteiger partial charge in [-0.3, -0.25) is 0 Å². The van der Waals surface area contributed by atoms with Crippen molar-refractivity contribution >= 4 is 21.2 Å². The zero-order valence-corrected chi connectivity index (χ0v) is 14.0. The molecule has 1 aliphatic carbocycles. The topological polar surface area (TPSA) is 46.2 Å². The van der Waals surface area contributed by atoms with Gasteiger partial charge in [-0.1, -0.05) is 19.4 Å². The van der Waals surface area contributed by atoms with Gasteiger partial charge in [-0.15, -0.1) is 11.3 Å². The molecule has 114 valence electrons. The zero-order chi connectivity index (χ0) is 14.6. The molecule has 0 spiro atoms. The maximum Gasteiger partial charge on any atom is 0.150 e. The monoisotopic (exact) mass is 315 g/mol. The molecule has 0 radical (unpaired) electrons. The normalized spacial score (nSPS) is 25.5. The lowest BCUT2D eigenvalue weighted by molar-refractivity contribution is 0.276. The van der Waals surface area contributed by atoms with Gasteiger partial charge >= 0.3 is 0 Å². The predicted octanol–water partition coefficient (Wildman–Crippen LogP) is 3.39. The molecule has 0 amide bonds. The Labute approximate surface area is 126 Å². The van der Waals surface area contributed by atoms with E-state index in [1.165, 1.54) is 11.1 Å². The second-order valence-electron chi connectivity index (χ2n) is 5.83. The van der Waals surface area contributed by atoms with Gasteiger partial charge in [0, 0.05) is 17.2 Å². The maximum atomic E-state index is 11.8. The Morgan fingerprint density at radius 2 is 2.25 bits per heavy atom. The van der Waals surface area contributed by atoms with Crippen LogP contribution in [0.4, 0.5) is 0 Å². The van der Waals surface area contributed by atoms with Gasteiger partial charge in [0.2, 0.25) is 0 Å². The number of hydrogen-bond donors (Lipinski definition) is 1. The van der Waals surface area contributed by atoms with Crippen molar-refractivity contribution in [1.82, 2.24) is 5.32 Å². The SMILES string of the molecule is CCCNC(c1cccs1)C1CCCC(S(C)(=O)=O)C1. The molecule has 0 saturated heterocycles. The molecule has 2 rings (SSSR count). The maximum absolute atomic E-state index is 11.8. The van der Waals surface area contributed by atoms with Crippen LogP contribution in [0.5, 0.6) is 0 Å². The van der Waals surface area contributed by atoms with Crippen LogP contribution in [0.25, 0.3) is 0 Å². The molecule has 0 aromatic carbocycles. The van der Waals surface area contributed by atoms with Gasteiger partial charge in [-0.2, -0.15) is 0 Å². The quantitative estimate of drug-likeness (QED) is 0.875. The molecule has 1 aromatic rings. The number of thiophene rings is 1. The summed E-state index contributed by atoms with van der Waals surface area (Å²) in [5.74, 6) is 0.439. The second kappa shape index (κ2) is 7.05. The standard InChI is InChI=1S/C15H25NO2S2/c1-3-9-16-15(14-8-5-10-19-14)12-6-4-7-13(11-12)20(2,17)18/h5,8,10,12-13,15-16H,3-4,6-7,9,11H2,1-2H3. The molecule has 1 aliphatic rings. The summed E-state index contributed by atoms with van der Waals surface area (Å²) < 4.78 is 23.7. The second-order valence-corrected chi connectivity index (χ2v) is 9.13. The van der Waals surface area contributed by atoms with Crippen LogP contribution in [0.3, 0.4) is 0 Å². The third kappa shape index (κ3) is 4.06. The molecule has 1 N–H and O–H groups in total. The lowest BCUT2D eigenvalue weighted by atomic mass is 9.83. The van der Waals surface area contributed by atoms with Crippen molar-refractivity contribution in [2.75, 3.05) is 12.8 Å². The van der Waals surface area contributed by atoms with Crippen LogP contribution in [-0.4, -0.2) is 26.5 Å². The summed E-state index contributed by atoms with van der Waals surface area (Å²) in [6.45, 7) is 3.15. The summed E-state index contributed by atoms with van der Waals surface area (Å²) in [5.41, 5.74) is 0. The summed E-state index contributed by atoms with van der Waals surface area (Å²) in [7, 11) is -2.91. The molecule has 0 aliphatic heterocycles.